The number of para-hydroxylation sites is 2. The molecule has 0 spiro atoms. The van der Waals surface area contributed by atoms with Crippen LogP contribution in [0.3, 0.4) is 0 Å². The summed E-state index contributed by atoms with van der Waals surface area (Å²) in [7, 11) is 0. The Morgan fingerprint density at radius 2 is 1.86 bits per heavy atom. The minimum absolute atomic E-state index is 0.0327. The zero-order valence-electron chi connectivity index (χ0n) is 10.5. The molecule has 0 unspecified atom stereocenters. The van der Waals surface area contributed by atoms with Gasteiger partial charge in [-0.15, -0.1) is 10.2 Å². The van der Waals surface area contributed by atoms with Crippen molar-refractivity contribution in [3.63, 3.8) is 0 Å². The van der Waals surface area contributed by atoms with Gasteiger partial charge in [-0.1, -0.05) is 23.5 Å². The molecule has 3 rings (SSSR count). The third kappa shape index (κ3) is 2.50. The van der Waals surface area contributed by atoms with Gasteiger partial charge in [-0.3, -0.25) is 10.6 Å². The molecule has 2 amide bonds. The average Bonchev–Trinajstić information content (AvgIpc) is 3.04. The topological polar surface area (TPSA) is 85.4 Å². The van der Waals surface area contributed by atoms with Crippen molar-refractivity contribution in [2.24, 2.45) is 0 Å². The van der Waals surface area contributed by atoms with Gasteiger partial charge < -0.3 is 9.47 Å². The minimum Gasteiger partial charge on any atom is -0.424 e. The molecule has 0 fully saturated rings. The van der Waals surface area contributed by atoms with Gasteiger partial charge in [-0.25, -0.2) is 4.79 Å². The van der Waals surface area contributed by atoms with Crippen LogP contribution >= 0.6 is 11.3 Å². The quantitative estimate of drug-likeness (QED) is 0.882. The molecule has 116 valence electrons. The van der Waals surface area contributed by atoms with Crippen molar-refractivity contribution in [2.45, 2.75) is 12.1 Å². The maximum Gasteiger partial charge on any atom is 0.492 e. The van der Waals surface area contributed by atoms with Crippen molar-refractivity contribution in [2.75, 3.05) is 5.32 Å². The molecule has 0 bridgehead atoms. The summed E-state index contributed by atoms with van der Waals surface area (Å²) in [5, 5.41) is 10.7. The Labute approximate surface area is 125 Å². The highest BCUT2D eigenvalue weighted by molar-refractivity contribution is 7.13. The first-order valence-corrected chi connectivity index (χ1v) is 6.67. The van der Waals surface area contributed by atoms with E-state index in [0.29, 0.717) is 0 Å². The van der Waals surface area contributed by atoms with Crippen molar-refractivity contribution >= 4 is 22.5 Å². The molecule has 1 aromatic heterocycles. The molecule has 0 aliphatic carbocycles. The number of hydrogen-bond donors (Lipinski definition) is 2. The maximum absolute atomic E-state index is 13.3. The standard InChI is InChI=1S/C11H7F3N4O3S/c12-10(13,14)11(17-8(19)16-9-18-15-5-22-9)20-6-3-1-2-4-7(6)21-11/h1-5H,(H2,16,17,18,19). The number of halogens is 3. The van der Waals surface area contributed by atoms with Gasteiger partial charge in [0.15, 0.2) is 11.5 Å². The largest absolute Gasteiger partial charge is 0.492 e. The molecule has 2 N–H and O–H groups in total. The number of alkyl halides is 3. The first-order chi connectivity index (χ1) is 10.4. The van der Waals surface area contributed by atoms with E-state index in [2.05, 4.69) is 15.5 Å². The summed E-state index contributed by atoms with van der Waals surface area (Å²) in [4.78, 5) is 11.7. The predicted molar refractivity (Wildman–Crippen MR) is 68.5 cm³/mol. The van der Waals surface area contributed by atoms with Crippen LogP contribution in [-0.4, -0.2) is 28.3 Å². The van der Waals surface area contributed by atoms with Gasteiger partial charge in [0.1, 0.15) is 5.51 Å². The van der Waals surface area contributed by atoms with Crippen molar-refractivity contribution in [3.8, 4) is 11.5 Å². The number of nitrogens with zero attached hydrogens (tertiary/aromatic N) is 2. The van der Waals surface area contributed by atoms with Crippen molar-refractivity contribution in [1.29, 1.82) is 0 Å². The van der Waals surface area contributed by atoms with Gasteiger partial charge in [-0.2, -0.15) is 13.2 Å². The molecule has 7 nitrogen and oxygen atoms in total. The summed E-state index contributed by atoms with van der Waals surface area (Å²) in [5.74, 6) is -3.56. The molecule has 1 aliphatic rings. The molecule has 22 heavy (non-hydrogen) atoms. The number of ether oxygens (including phenoxy) is 2. The fraction of sp³-hybridized carbons (Fsp3) is 0.182. The normalized spacial score (nSPS) is 15.4. The lowest BCUT2D eigenvalue weighted by atomic mass is 10.3. The Morgan fingerprint density at radius 1 is 1.23 bits per heavy atom. The lowest BCUT2D eigenvalue weighted by molar-refractivity contribution is -0.317. The third-order valence-corrected chi connectivity index (χ3v) is 3.19. The van der Waals surface area contributed by atoms with Gasteiger partial charge in [0.2, 0.25) is 5.13 Å². The van der Waals surface area contributed by atoms with Crippen LogP contribution in [0.15, 0.2) is 29.8 Å². The van der Waals surface area contributed by atoms with Gasteiger partial charge >= 0.3 is 18.1 Å². The highest BCUT2D eigenvalue weighted by atomic mass is 32.1. The number of carbonyl (C=O) groups is 1. The second-order valence-electron chi connectivity index (χ2n) is 4.09. The summed E-state index contributed by atoms with van der Waals surface area (Å²) in [6.07, 6.45) is -5.01. The first-order valence-electron chi connectivity index (χ1n) is 5.79. The van der Waals surface area contributed by atoms with E-state index in [-0.39, 0.29) is 16.6 Å². The number of nitrogens with one attached hydrogen (secondary N) is 2. The Balaban J connectivity index is 1.82. The van der Waals surface area contributed by atoms with Crippen LogP contribution in [0.1, 0.15) is 0 Å². The van der Waals surface area contributed by atoms with Crippen molar-refractivity contribution < 1.29 is 27.4 Å². The van der Waals surface area contributed by atoms with Crippen LogP contribution < -0.4 is 20.1 Å². The maximum atomic E-state index is 13.3. The smallest absolute Gasteiger partial charge is 0.424 e. The number of rotatable bonds is 2. The van der Waals surface area contributed by atoms with E-state index in [1.807, 2.05) is 0 Å². The summed E-state index contributed by atoms with van der Waals surface area (Å²) < 4.78 is 49.5. The van der Waals surface area contributed by atoms with E-state index < -0.39 is 18.1 Å². The highest BCUT2D eigenvalue weighted by Gasteiger charge is 2.65. The van der Waals surface area contributed by atoms with Gasteiger partial charge in [0, 0.05) is 0 Å². The van der Waals surface area contributed by atoms with Gasteiger partial charge in [0.05, 0.1) is 0 Å². The molecular formula is C11H7F3N4O3S. The zero-order valence-corrected chi connectivity index (χ0v) is 11.4. The third-order valence-electron chi connectivity index (χ3n) is 2.59. The lowest BCUT2D eigenvalue weighted by Crippen LogP contribution is -2.65. The summed E-state index contributed by atoms with van der Waals surface area (Å²) >= 11 is 0.946. The van der Waals surface area contributed by atoms with Crippen LogP contribution in [0, 0.1) is 0 Å². The summed E-state index contributed by atoms with van der Waals surface area (Å²) in [5.41, 5.74) is 1.31. The Kier molecular flexibility index (Phi) is 3.28. The zero-order chi connectivity index (χ0) is 15.8. The molecule has 0 atom stereocenters. The number of urea groups is 1. The fourth-order valence-corrected chi connectivity index (χ4v) is 2.13. The molecule has 11 heteroatoms. The van der Waals surface area contributed by atoms with Crippen LogP contribution in [0.5, 0.6) is 11.5 Å². The van der Waals surface area contributed by atoms with E-state index in [1.165, 1.54) is 29.8 Å². The number of fused-ring (bicyclic) bond motifs is 1. The van der Waals surface area contributed by atoms with Crippen molar-refractivity contribution in [3.05, 3.63) is 29.8 Å². The van der Waals surface area contributed by atoms with E-state index in [0.717, 1.165) is 11.3 Å². The second kappa shape index (κ2) is 5.02. The van der Waals surface area contributed by atoms with E-state index >= 15 is 0 Å². The van der Waals surface area contributed by atoms with E-state index in [4.69, 9.17) is 9.47 Å². The SMILES string of the molecule is O=C(Nc1nncs1)NC1(C(F)(F)F)Oc2ccccc2O1. The second-order valence-corrected chi connectivity index (χ2v) is 4.92. The monoisotopic (exact) mass is 332 g/mol. The van der Waals surface area contributed by atoms with E-state index in [1.54, 1.807) is 5.32 Å². The number of aromatic nitrogens is 2. The van der Waals surface area contributed by atoms with Crippen LogP contribution in [-0.2, 0) is 0 Å². The van der Waals surface area contributed by atoms with Gasteiger partial charge in [0.25, 0.3) is 0 Å². The minimum atomic E-state index is -5.01. The average molecular weight is 332 g/mol. The van der Waals surface area contributed by atoms with E-state index in [9.17, 15) is 18.0 Å². The van der Waals surface area contributed by atoms with Crippen LogP contribution in [0.25, 0.3) is 0 Å². The molecule has 2 aromatic rings. The molecule has 1 aromatic carbocycles. The molecule has 2 heterocycles. The Hall–Kier alpha value is -2.56. The lowest BCUT2D eigenvalue weighted by Gasteiger charge is -2.29. The van der Waals surface area contributed by atoms with Crippen LogP contribution in [0.4, 0.5) is 23.1 Å². The number of anilines is 1. The molecule has 0 saturated heterocycles. The number of amides is 2. The molecule has 1 aliphatic heterocycles. The summed E-state index contributed by atoms with van der Waals surface area (Å²) in [6, 6.07) is 4.37. The first kappa shape index (κ1) is 14.4. The number of benzene rings is 1. The van der Waals surface area contributed by atoms with Crippen molar-refractivity contribution in [1.82, 2.24) is 15.5 Å². The number of hydrogen-bond acceptors (Lipinski definition) is 6. The Bertz CT molecular complexity index is 667. The number of carbonyl (C=O) groups excluding carboxylic acids is 1. The Morgan fingerprint density at radius 3 is 2.36 bits per heavy atom. The van der Waals surface area contributed by atoms with Crippen LogP contribution in [0.2, 0.25) is 0 Å². The highest BCUT2D eigenvalue weighted by Crippen LogP contribution is 2.44. The molecule has 0 saturated carbocycles. The van der Waals surface area contributed by atoms with Gasteiger partial charge in [-0.05, 0) is 12.1 Å². The molecule has 0 radical (unpaired) electrons. The summed E-state index contributed by atoms with van der Waals surface area (Å²) in [6.45, 7) is 0. The predicted octanol–water partition coefficient (Wildman–Crippen LogP) is 2.35. The molecular weight excluding hydrogens is 325 g/mol. The fourth-order valence-electron chi connectivity index (χ4n) is 1.69.